The molecule has 1 unspecified atom stereocenters. The fourth-order valence-electron chi connectivity index (χ4n) is 1.73. The summed E-state index contributed by atoms with van der Waals surface area (Å²) in [5.41, 5.74) is -0.110. The number of hydrogen-bond acceptors (Lipinski definition) is 6. The van der Waals surface area contributed by atoms with Gasteiger partial charge in [0.25, 0.3) is 0 Å². The maximum Gasteiger partial charge on any atom is 0.353 e. The summed E-state index contributed by atoms with van der Waals surface area (Å²) in [6.45, 7) is 6.30. The van der Waals surface area contributed by atoms with Crippen LogP contribution in [-0.2, 0) is 0 Å². The zero-order valence-corrected chi connectivity index (χ0v) is 11.8. The van der Waals surface area contributed by atoms with Gasteiger partial charge >= 0.3 is 5.69 Å². The topological polar surface area (TPSA) is 93.0 Å². The van der Waals surface area contributed by atoms with E-state index in [2.05, 4.69) is 34.4 Å². The van der Waals surface area contributed by atoms with E-state index in [1.165, 1.54) is 6.33 Å². The Kier molecular flexibility index (Phi) is 5.47. The molecule has 7 nitrogen and oxygen atoms in total. The lowest BCUT2D eigenvalue weighted by Gasteiger charge is -2.16. The summed E-state index contributed by atoms with van der Waals surface area (Å²) in [7, 11) is 1.60. The van der Waals surface area contributed by atoms with Gasteiger partial charge in [-0.15, -0.1) is 0 Å². The lowest BCUT2D eigenvalue weighted by molar-refractivity contribution is -0.383. The maximum absolute atomic E-state index is 11.1. The Bertz CT molecular complexity index is 436. The lowest BCUT2D eigenvalue weighted by atomic mass is 10.0. The molecular weight excluding hydrogens is 246 g/mol. The first-order chi connectivity index (χ1) is 8.95. The highest BCUT2D eigenvalue weighted by atomic mass is 16.6. The van der Waals surface area contributed by atoms with Crippen LogP contribution in [0.1, 0.15) is 33.6 Å². The molecule has 0 radical (unpaired) electrons. The van der Waals surface area contributed by atoms with E-state index in [1.54, 1.807) is 7.05 Å². The highest BCUT2D eigenvalue weighted by Gasteiger charge is 2.23. The Morgan fingerprint density at radius 3 is 2.42 bits per heavy atom. The van der Waals surface area contributed by atoms with Crippen LogP contribution >= 0.6 is 0 Å². The van der Waals surface area contributed by atoms with Crippen molar-refractivity contribution in [3.05, 3.63) is 16.4 Å². The standard InChI is InChI=1S/C12H21N5O2/c1-8(2)5-6-9(3)16-12-10(17(18)19)11(13-4)14-7-15-12/h7-9H,5-6H2,1-4H3,(H2,13,14,15,16). The van der Waals surface area contributed by atoms with Crippen LogP contribution < -0.4 is 10.6 Å². The summed E-state index contributed by atoms with van der Waals surface area (Å²) >= 11 is 0. The highest BCUT2D eigenvalue weighted by molar-refractivity contribution is 5.69. The predicted molar refractivity (Wildman–Crippen MR) is 75.4 cm³/mol. The molecule has 7 heteroatoms. The van der Waals surface area contributed by atoms with Crippen LogP contribution in [0.15, 0.2) is 6.33 Å². The molecule has 1 atom stereocenters. The van der Waals surface area contributed by atoms with E-state index in [4.69, 9.17) is 0 Å². The minimum atomic E-state index is -0.469. The molecule has 0 spiro atoms. The molecule has 0 saturated heterocycles. The molecular formula is C12H21N5O2. The zero-order chi connectivity index (χ0) is 14.4. The third-order valence-corrected chi connectivity index (χ3v) is 2.80. The molecule has 1 heterocycles. The fourth-order valence-corrected chi connectivity index (χ4v) is 1.73. The van der Waals surface area contributed by atoms with Gasteiger partial charge in [-0.25, -0.2) is 9.97 Å². The molecule has 0 bridgehead atoms. The first-order valence-corrected chi connectivity index (χ1v) is 6.39. The van der Waals surface area contributed by atoms with Gasteiger partial charge in [-0.3, -0.25) is 10.1 Å². The first kappa shape index (κ1) is 15.1. The van der Waals surface area contributed by atoms with E-state index in [9.17, 15) is 10.1 Å². The third kappa shape index (κ3) is 4.35. The number of anilines is 2. The highest BCUT2D eigenvalue weighted by Crippen LogP contribution is 2.29. The Hall–Kier alpha value is -1.92. The summed E-state index contributed by atoms with van der Waals surface area (Å²) in [6, 6.07) is 0.126. The Labute approximate surface area is 113 Å². The van der Waals surface area contributed by atoms with Crippen LogP contribution in [0.3, 0.4) is 0 Å². The van der Waals surface area contributed by atoms with Crippen molar-refractivity contribution in [2.75, 3.05) is 17.7 Å². The summed E-state index contributed by atoms with van der Waals surface area (Å²) in [4.78, 5) is 18.5. The van der Waals surface area contributed by atoms with E-state index >= 15 is 0 Å². The minimum absolute atomic E-state index is 0.110. The molecule has 1 aromatic heterocycles. The van der Waals surface area contributed by atoms with Crippen molar-refractivity contribution in [2.24, 2.45) is 5.92 Å². The lowest BCUT2D eigenvalue weighted by Crippen LogP contribution is -2.18. The Balaban J connectivity index is 2.85. The molecule has 1 rings (SSSR count). The molecule has 0 saturated carbocycles. The number of nitrogens with zero attached hydrogens (tertiary/aromatic N) is 3. The van der Waals surface area contributed by atoms with Gasteiger partial charge < -0.3 is 10.6 Å². The van der Waals surface area contributed by atoms with Gasteiger partial charge in [0, 0.05) is 13.1 Å². The van der Waals surface area contributed by atoms with Gasteiger partial charge in [0.1, 0.15) is 6.33 Å². The second-order valence-electron chi connectivity index (χ2n) is 4.94. The Morgan fingerprint density at radius 1 is 1.26 bits per heavy atom. The molecule has 0 fully saturated rings. The van der Waals surface area contributed by atoms with Gasteiger partial charge in [0.2, 0.25) is 11.6 Å². The summed E-state index contributed by atoms with van der Waals surface area (Å²) in [6.07, 6.45) is 3.32. The molecule has 0 aromatic carbocycles. The van der Waals surface area contributed by atoms with E-state index in [-0.39, 0.29) is 23.4 Å². The molecule has 106 valence electrons. The van der Waals surface area contributed by atoms with E-state index in [0.717, 1.165) is 12.8 Å². The number of aromatic nitrogens is 2. The normalized spacial score (nSPS) is 12.3. The summed E-state index contributed by atoms with van der Waals surface area (Å²) in [5.74, 6) is 1.09. The molecule has 0 aliphatic heterocycles. The van der Waals surface area contributed by atoms with E-state index < -0.39 is 4.92 Å². The molecule has 0 aliphatic carbocycles. The number of rotatable bonds is 7. The fraction of sp³-hybridized carbons (Fsp3) is 0.667. The van der Waals surface area contributed by atoms with Crippen molar-refractivity contribution in [1.82, 2.24) is 9.97 Å². The van der Waals surface area contributed by atoms with Crippen LogP contribution in [0.5, 0.6) is 0 Å². The quantitative estimate of drug-likeness (QED) is 0.582. The van der Waals surface area contributed by atoms with E-state index in [0.29, 0.717) is 5.92 Å². The number of nitro groups is 1. The predicted octanol–water partition coefficient (Wildman–Crippen LogP) is 2.66. The van der Waals surface area contributed by atoms with Crippen molar-refractivity contribution >= 4 is 17.3 Å². The van der Waals surface area contributed by atoms with Gasteiger partial charge in [-0.2, -0.15) is 0 Å². The van der Waals surface area contributed by atoms with Crippen molar-refractivity contribution in [2.45, 2.75) is 39.7 Å². The SMILES string of the molecule is CNc1ncnc(NC(C)CCC(C)C)c1[N+](=O)[O-]. The second kappa shape index (κ2) is 6.86. The molecule has 0 aliphatic rings. The average Bonchev–Trinajstić information content (AvgIpc) is 2.35. The molecule has 0 amide bonds. The second-order valence-corrected chi connectivity index (χ2v) is 4.94. The minimum Gasteiger partial charge on any atom is -0.367 e. The van der Waals surface area contributed by atoms with Crippen LogP contribution in [-0.4, -0.2) is 28.0 Å². The number of hydrogen-bond donors (Lipinski definition) is 2. The summed E-state index contributed by atoms with van der Waals surface area (Å²) < 4.78 is 0. The van der Waals surface area contributed by atoms with Crippen molar-refractivity contribution in [3.8, 4) is 0 Å². The zero-order valence-electron chi connectivity index (χ0n) is 11.8. The van der Waals surface area contributed by atoms with Crippen LogP contribution in [0, 0.1) is 16.0 Å². The van der Waals surface area contributed by atoms with Gasteiger partial charge in [-0.05, 0) is 25.7 Å². The number of nitrogens with one attached hydrogen (secondary N) is 2. The monoisotopic (exact) mass is 267 g/mol. The summed E-state index contributed by atoms with van der Waals surface area (Å²) in [5, 5.41) is 16.9. The van der Waals surface area contributed by atoms with Crippen molar-refractivity contribution < 1.29 is 4.92 Å². The van der Waals surface area contributed by atoms with E-state index in [1.807, 2.05) is 6.92 Å². The van der Waals surface area contributed by atoms with Crippen molar-refractivity contribution in [1.29, 1.82) is 0 Å². The largest absolute Gasteiger partial charge is 0.367 e. The average molecular weight is 267 g/mol. The van der Waals surface area contributed by atoms with Crippen LogP contribution in [0.25, 0.3) is 0 Å². The molecule has 19 heavy (non-hydrogen) atoms. The van der Waals surface area contributed by atoms with Crippen LogP contribution in [0.2, 0.25) is 0 Å². The molecule has 1 aromatic rings. The van der Waals surface area contributed by atoms with Gasteiger partial charge in [0.15, 0.2) is 0 Å². The Morgan fingerprint density at radius 2 is 1.89 bits per heavy atom. The third-order valence-electron chi connectivity index (χ3n) is 2.80. The van der Waals surface area contributed by atoms with Gasteiger partial charge in [-0.1, -0.05) is 13.8 Å². The molecule has 2 N–H and O–H groups in total. The van der Waals surface area contributed by atoms with Crippen LogP contribution in [0.4, 0.5) is 17.3 Å². The smallest absolute Gasteiger partial charge is 0.353 e. The van der Waals surface area contributed by atoms with Gasteiger partial charge in [0.05, 0.1) is 4.92 Å². The van der Waals surface area contributed by atoms with Crippen molar-refractivity contribution in [3.63, 3.8) is 0 Å². The maximum atomic E-state index is 11.1. The first-order valence-electron chi connectivity index (χ1n) is 6.39.